The Hall–Kier alpha value is 0.0969. The van der Waals surface area contributed by atoms with E-state index in [9.17, 15) is 5.11 Å². The standard InChI is InChI=1S/C16H32O3Si/c1-14(2,3)20(7,8)19-12-9-13-16(6,18-13)11(10-17)15(12,4)5/h11-13,17H,9-10H2,1-8H3/t11-,12-,13+,16-/m1/s1. The van der Waals surface area contributed by atoms with Crippen molar-refractivity contribution in [3.05, 3.63) is 0 Å². The molecule has 1 saturated heterocycles. The normalized spacial score (nSPS) is 40.4. The lowest BCUT2D eigenvalue weighted by Gasteiger charge is -2.49. The number of hydrogen-bond donors (Lipinski definition) is 1. The minimum absolute atomic E-state index is 0.0496. The maximum absolute atomic E-state index is 9.84. The third-order valence-corrected chi connectivity index (χ3v) is 10.7. The van der Waals surface area contributed by atoms with Crippen LogP contribution in [-0.2, 0) is 9.16 Å². The first kappa shape index (κ1) is 16.5. The third kappa shape index (κ3) is 2.38. The molecule has 0 aromatic carbocycles. The molecule has 0 aromatic heterocycles. The van der Waals surface area contributed by atoms with Gasteiger partial charge in [-0.15, -0.1) is 0 Å². The summed E-state index contributed by atoms with van der Waals surface area (Å²) in [4.78, 5) is 0. The van der Waals surface area contributed by atoms with Crippen LogP contribution in [0, 0.1) is 11.3 Å². The maximum Gasteiger partial charge on any atom is 0.192 e. The Labute approximate surface area is 125 Å². The van der Waals surface area contributed by atoms with E-state index in [1.165, 1.54) is 0 Å². The number of aliphatic hydroxyl groups excluding tert-OH is 1. The van der Waals surface area contributed by atoms with Gasteiger partial charge in [-0.05, 0) is 30.5 Å². The van der Waals surface area contributed by atoms with Crippen LogP contribution in [0.25, 0.3) is 0 Å². The number of hydrogen-bond acceptors (Lipinski definition) is 3. The quantitative estimate of drug-likeness (QED) is 0.640. The molecule has 0 aromatic rings. The maximum atomic E-state index is 9.84. The summed E-state index contributed by atoms with van der Waals surface area (Å²) in [6.07, 6.45) is 1.41. The molecule has 4 heteroatoms. The van der Waals surface area contributed by atoms with E-state index >= 15 is 0 Å². The molecule has 1 aliphatic heterocycles. The van der Waals surface area contributed by atoms with Crippen molar-refractivity contribution in [1.82, 2.24) is 0 Å². The van der Waals surface area contributed by atoms with Crippen molar-refractivity contribution in [3.63, 3.8) is 0 Å². The van der Waals surface area contributed by atoms with Gasteiger partial charge in [-0.1, -0.05) is 34.6 Å². The van der Waals surface area contributed by atoms with Crippen LogP contribution in [0.4, 0.5) is 0 Å². The Morgan fingerprint density at radius 1 is 1.25 bits per heavy atom. The highest BCUT2D eigenvalue weighted by molar-refractivity contribution is 6.74. The highest BCUT2D eigenvalue weighted by atomic mass is 28.4. The molecule has 2 aliphatic rings. The van der Waals surface area contributed by atoms with Crippen molar-refractivity contribution >= 4 is 8.32 Å². The van der Waals surface area contributed by atoms with Crippen molar-refractivity contribution in [2.75, 3.05) is 6.61 Å². The topological polar surface area (TPSA) is 42.0 Å². The van der Waals surface area contributed by atoms with Crippen molar-refractivity contribution in [2.45, 2.75) is 83.9 Å². The number of aliphatic hydroxyl groups is 1. The predicted octanol–water partition coefficient (Wildman–Crippen LogP) is 3.57. The fraction of sp³-hybridized carbons (Fsp3) is 1.00. The van der Waals surface area contributed by atoms with Gasteiger partial charge >= 0.3 is 0 Å². The lowest BCUT2D eigenvalue weighted by molar-refractivity contribution is -0.0479. The summed E-state index contributed by atoms with van der Waals surface area (Å²) in [7, 11) is -1.80. The molecule has 0 spiro atoms. The summed E-state index contributed by atoms with van der Waals surface area (Å²) < 4.78 is 12.6. The van der Waals surface area contributed by atoms with E-state index < -0.39 is 8.32 Å². The monoisotopic (exact) mass is 300 g/mol. The van der Waals surface area contributed by atoms with Gasteiger partial charge in [0.15, 0.2) is 8.32 Å². The highest BCUT2D eigenvalue weighted by Gasteiger charge is 2.67. The van der Waals surface area contributed by atoms with Gasteiger partial charge in [0.2, 0.25) is 0 Å². The van der Waals surface area contributed by atoms with Gasteiger partial charge in [0.05, 0.1) is 17.8 Å². The molecule has 0 radical (unpaired) electrons. The first-order valence-corrected chi connectivity index (χ1v) is 10.7. The zero-order valence-corrected chi connectivity index (χ0v) is 15.4. The lowest BCUT2D eigenvalue weighted by atomic mass is 9.63. The van der Waals surface area contributed by atoms with E-state index in [0.29, 0.717) is 0 Å². The zero-order chi connectivity index (χ0) is 15.6. The predicted molar refractivity (Wildman–Crippen MR) is 84.3 cm³/mol. The van der Waals surface area contributed by atoms with Crippen molar-refractivity contribution in [3.8, 4) is 0 Å². The Bertz CT molecular complexity index is 386. The fourth-order valence-corrected chi connectivity index (χ4v) is 4.94. The van der Waals surface area contributed by atoms with E-state index in [1.54, 1.807) is 0 Å². The van der Waals surface area contributed by atoms with Gasteiger partial charge in [-0.2, -0.15) is 0 Å². The molecule has 3 nitrogen and oxygen atoms in total. The van der Waals surface area contributed by atoms with Gasteiger partial charge in [-0.3, -0.25) is 0 Å². The molecule has 2 rings (SSSR count). The van der Waals surface area contributed by atoms with Crippen LogP contribution in [0.5, 0.6) is 0 Å². The van der Waals surface area contributed by atoms with Gasteiger partial charge < -0.3 is 14.3 Å². The second-order valence-corrected chi connectivity index (χ2v) is 13.7. The third-order valence-electron chi connectivity index (χ3n) is 6.25. The Morgan fingerprint density at radius 2 is 1.80 bits per heavy atom. The minimum atomic E-state index is -1.80. The molecular formula is C16H32O3Si. The summed E-state index contributed by atoms with van der Waals surface area (Å²) in [5, 5.41) is 10.1. The van der Waals surface area contributed by atoms with Crippen molar-refractivity contribution in [2.24, 2.45) is 11.3 Å². The molecule has 1 N–H and O–H groups in total. The van der Waals surface area contributed by atoms with E-state index in [0.717, 1.165) is 6.42 Å². The number of fused-ring (bicyclic) bond motifs is 1. The van der Waals surface area contributed by atoms with Crippen molar-refractivity contribution in [1.29, 1.82) is 0 Å². The SMILES string of the molecule is CC1(C)[C@@H](CO)[C@@]2(C)O[C@H]2C[C@H]1O[Si](C)(C)C(C)(C)C. The van der Waals surface area contributed by atoms with Crippen LogP contribution in [0.15, 0.2) is 0 Å². The molecule has 4 atom stereocenters. The number of rotatable bonds is 3. The van der Waals surface area contributed by atoms with Crippen LogP contribution in [0.1, 0.15) is 48.0 Å². The van der Waals surface area contributed by atoms with Crippen LogP contribution in [-0.4, -0.2) is 37.8 Å². The second kappa shape index (κ2) is 4.54. The molecule has 0 bridgehead atoms. The summed E-state index contributed by atoms with van der Waals surface area (Å²) in [6, 6.07) is 0. The van der Waals surface area contributed by atoms with Crippen LogP contribution in [0.2, 0.25) is 18.1 Å². The van der Waals surface area contributed by atoms with Crippen LogP contribution >= 0.6 is 0 Å². The van der Waals surface area contributed by atoms with E-state index in [1.807, 2.05) is 0 Å². The number of epoxide rings is 1. The Morgan fingerprint density at radius 3 is 2.25 bits per heavy atom. The average Bonchev–Trinajstić information content (AvgIpc) is 2.87. The summed E-state index contributed by atoms with van der Waals surface area (Å²) in [5.41, 5.74) is -0.183. The largest absolute Gasteiger partial charge is 0.413 e. The van der Waals surface area contributed by atoms with Crippen molar-refractivity contribution < 1.29 is 14.3 Å². The summed E-state index contributed by atoms with van der Waals surface area (Å²) in [5.74, 6) is 0.156. The first-order valence-electron chi connectivity index (χ1n) is 7.83. The Kier molecular flexibility index (Phi) is 3.74. The molecule has 118 valence electrons. The molecular weight excluding hydrogens is 268 g/mol. The minimum Gasteiger partial charge on any atom is -0.413 e. The van der Waals surface area contributed by atoms with Gasteiger partial charge in [-0.25, -0.2) is 0 Å². The van der Waals surface area contributed by atoms with E-state index in [4.69, 9.17) is 9.16 Å². The van der Waals surface area contributed by atoms with Crippen LogP contribution in [0.3, 0.4) is 0 Å². The molecule has 0 unspecified atom stereocenters. The lowest BCUT2D eigenvalue weighted by Crippen LogP contribution is -2.56. The molecule has 20 heavy (non-hydrogen) atoms. The fourth-order valence-electron chi connectivity index (χ4n) is 3.47. The highest BCUT2D eigenvalue weighted by Crippen LogP contribution is 2.59. The zero-order valence-electron chi connectivity index (χ0n) is 14.4. The van der Waals surface area contributed by atoms with E-state index in [2.05, 4.69) is 54.6 Å². The molecule has 1 heterocycles. The summed E-state index contributed by atoms with van der Waals surface area (Å²) in [6.45, 7) is 18.2. The van der Waals surface area contributed by atoms with Crippen LogP contribution < -0.4 is 0 Å². The molecule has 2 fully saturated rings. The smallest absolute Gasteiger partial charge is 0.192 e. The number of ether oxygens (including phenoxy) is 1. The average molecular weight is 301 g/mol. The van der Waals surface area contributed by atoms with E-state index in [-0.39, 0.29) is 40.8 Å². The van der Waals surface area contributed by atoms with Gasteiger partial charge in [0.25, 0.3) is 0 Å². The molecule has 0 amide bonds. The van der Waals surface area contributed by atoms with Gasteiger partial charge in [0.1, 0.15) is 0 Å². The second-order valence-electron chi connectivity index (χ2n) is 8.95. The Balaban J connectivity index is 2.21. The van der Waals surface area contributed by atoms with Gasteiger partial charge in [0, 0.05) is 18.9 Å². The molecule has 1 saturated carbocycles. The molecule has 1 aliphatic carbocycles. The first-order chi connectivity index (χ1) is 8.86. The summed E-state index contributed by atoms with van der Waals surface area (Å²) >= 11 is 0.